The van der Waals surface area contributed by atoms with Crippen LogP contribution < -0.4 is 0 Å². The Kier molecular flexibility index (Phi) is 3.75. The number of carboxylic acid groups (broad SMARTS) is 1. The van der Waals surface area contributed by atoms with Crippen LogP contribution in [0.1, 0.15) is 34.1 Å². The molecule has 0 amide bonds. The smallest absolute Gasteiger partial charge is 0.335 e. The highest BCUT2D eigenvalue weighted by Crippen LogP contribution is 2.30. The zero-order valence-corrected chi connectivity index (χ0v) is 12.1. The van der Waals surface area contributed by atoms with Gasteiger partial charge in [0.05, 0.1) is 12.1 Å². The molecule has 1 saturated heterocycles. The number of imidazole rings is 1. The third kappa shape index (κ3) is 2.83. The van der Waals surface area contributed by atoms with Gasteiger partial charge in [-0.25, -0.2) is 9.78 Å². The van der Waals surface area contributed by atoms with Crippen LogP contribution in [0.4, 0.5) is 0 Å². The maximum Gasteiger partial charge on any atom is 0.335 e. The topological polar surface area (TPSA) is 58.4 Å². The largest absolute Gasteiger partial charge is 0.478 e. The Balaban J connectivity index is 1.73. The molecule has 1 atom stereocenters. The molecule has 0 spiro atoms. The van der Waals surface area contributed by atoms with Crippen LogP contribution in [-0.4, -0.2) is 38.6 Å². The van der Waals surface area contributed by atoms with Crippen molar-refractivity contribution in [1.29, 1.82) is 0 Å². The molecule has 3 rings (SSSR count). The van der Waals surface area contributed by atoms with E-state index >= 15 is 0 Å². The van der Waals surface area contributed by atoms with Crippen molar-refractivity contribution in [2.75, 3.05) is 13.1 Å². The zero-order chi connectivity index (χ0) is 14.8. The number of nitrogens with zero attached hydrogens (tertiary/aromatic N) is 3. The highest BCUT2D eigenvalue weighted by Gasteiger charge is 2.27. The first-order valence-corrected chi connectivity index (χ1v) is 7.16. The lowest BCUT2D eigenvalue weighted by atomic mass is 9.93. The first-order valence-electron chi connectivity index (χ1n) is 7.16. The molecule has 2 heterocycles. The summed E-state index contributed by atoms with van der Waals surface area (Å²) < 4.78 is 2.03. The Hall–Kier alpha value is -2.14. The van der Waals surface area contributed by atoms with Crippen LogP contribution in [0.2, 0.25) is 0 Å². The summed E-state index contributed by atoms with van der Waals surface area (Å²) >= 11 is 0. The number of hydrogen-bond acceptors (Lipinski definition) is 3. The minimum Gasteiger partial charge on any atom is -0.478 e. The summed E-state index contributed by atoms with van der Waals surface area (Å²) in [7, 11) is 2.00. The predicted octanol–water partition coefficient (Wildman–Crippen LogP) is 2.11. The summed E-state index contributed by atoms with van der Waals surface area (Å²) in [6, 6.07) is 7.34. The van der Waals surface area contributed by atoms with Crippen LogP contribution in [0.5, 0.6) is 0 Å². The summed E-state index contributed by atoms with van der Waals surface area (Å²) in [5.41, 5.74) is 1.38. The number of carbonyl (C=O) groups is 1. The van der Waals surface area contributed by atoms with Crippen molar-refractivity contribution in [2.45, 2.75) is 18.9 Å². The van der Waals surface area contributed by atoms with Gasteiger partial charge in [-0.1, -0.05) is 18.2 Å². The summed E-state index contributed by atoms with van der Waals surface area (Å²) in [6.07, 6.45) is 4.75. The molecule has 0 saturated carbocycles. The molecule has 1 aromatic heterocycles. The molecule has 0 unspecified atom stereocenters. The molecular formula is C16H19N3O2. The van der Waals surface area contributed by atoms with Crippen molar-refractivity contribution in [1.82, 2.24) is 14.5 Å². The predicted molar refractivity (Wildman–Crippen MR) is 79.2 cm³/mol. The van der Waals surface area contributed by atoms with E-state index in [1.54, 1.807) is 12.1 Å². The van der Waals surface area contributed by atoms with E-state index in [1.165, 1.54) is 0 Å². The zero-order valence-electron chi connectivity index (χ0n) is 12.1. The monoisotopic (exact) mass is 285 g/mol. The Morgan fingerprint density at radius 3 is 2.95 bits per heavy atom. The second-order valence-electron chi connectivity index (χ2n) is 5.57. The molecule has 5 nitrogen and oxygen atoms in total. The number of hydrogen-bond donors (Lipinski definition) is 1. The van der Waals surface area contributed by atoms with E-state index in [4.69, 9.17) is 0 Å². The van der Waals surface area contributed by atoms with E-state index in [2.05, 4.69) is 9.88 Å². The number of aryl methyl sites for hydroxylation is 1. The quantitative estimate of drug-likeness (QED) is 0.934. The maximum absolute atomic E-state index is 11.3. The summed E-state index contributed by atoms with van der Waals surface area (Å²) in [6.45, 7) is 2.68. The molecule has 110 valence electrons. The number of aromatic nitrogens is 2. The van der Waals surface area contributed by atoms with Crippen molar-refractivity contribution in [3.63, 3.8) is 0 Å². The molecule has 1 aromatic carbocycles. The van der Waals surface area contributed by atoms with E-state index in [0.29, 0.717) is 5.56 Å². The highest BCUT2D eigenvalue weighted by atomic mass is 16.4. The number of aromatic carboxylic acids is 1. The van der Waals surface area contributed by atoms with Crippen molar-refractivity contribution in [2.24, 2.45) is 7.05 Å². The first kappa shape index (κ1) is 13.8. The molecule has 21 heavy (non-hydrogen) atoms. The lowest BCUT2D eigenvalue weighted by Crippen LogP contribution is -2.22. The van der Waals surface area contributed by atoms with Crippen LogP contribution >= 0.6 is 0 Å². The summed E-state index contributed by atoms with van der Waals surface area (Å²) in [4.78, 5) is 18.0. The Bertz CT molecular complexity index is 650. The van der Waals surface area contributed by atoms with Gasteiger partial charge in [-0.05, 0) is 30.5 Å². The number of likely N-dealkylation sites (tertiary alicyclic amines) is 1. The van der Waals surface area contributed by atoms with E-state index < -0.39 is 5.97 Å². The average Bonchev–Trinajstić information content (AvgIpc) is 3.09. The Labute approximate surface area is 123 Å². The minimum atomic E-state index is -0.840. The van der Waals surface area contributed by atoms with Crippen LogP contribution in [0.15, 0.2) is 36.7 Å². The maximum atomic E-state index is 11.3. The van der Waals surface area contributed by atoms with Crippen molar-refractivity contribution in [3.05, 3.63) is 53.6 Å². The van der Waals surface area contributed by atoms with E-state index in [-0.39, 0.29) is 5.92 Å². The van der Waals surface area contributed by atoms with Crippen molar-refractivity contribution in [3.8, 4) is 0 Å². The molecule has 0 aliphatic carbocycles. The van der Waals surface area contributed by atoms with Gasteiger partial charge in [0.1, 0.15) is 5.82 Å². The number of benzene rings is 1. The van der Waals surface area contributed by atoms with Gasteiger partial charge in [-0.15, -0.1) is 0 Å². The first-order chi connectivity index (χ1) is 10.1. The van der Waals surface area contributed by atoms with Gasteiger partial charge in [-0.3, -0.25) is 4.90 Å². The molecule has 2 aromatic rings. The fourth-order valence-corrected chi connectivity index (χ4v) is 3.03. The normalized spacial score (nSPS) is 19.0. The van der Waals surface area contributed by atoms with Gasteiger partial charge >= 0.3 is 5.97 Å². The lowest BCUT2D eigenvalue weighted by molar-refractivity contribution is 0.0695. The molecular weight excluding hydrogens is 266 g/mol. The molecule has 0 bridgehead atoms. The van der Waals surface area contributed by atoms with Gasteiger partial charge in [0, 0.05) is 26.0 Å². The lowest BCUT2D eigenvalue weighted by Gasteiger charge is -2.17. The fraction of sp³-hybridized carbons (Fsp3) is 0.375. The molecule has 1 aliphatic rings. The van der Waals surface area contributed by atoms with E-state index in [0.717, 1.165) is 37.4 Å². The van der Waals surface area contributed by atoms with Crippen LogP contribution in [-0.2, 0) is 13.6 Å². The van der Waals surface area contributed by atoms with Gasteiger partial charge < -0.3 is 9.67 Å². The number of rotatable bonds is 4. The fourth-order valence-electron chi connectivity index (χ4n) is 3.03. The Morgan fingerprint density at radius 1 is 1.43 bits per heavy atom. The second kappa shape index (κ2) is 5.69. The third-order valence-corrected chi connectivity index (χ3v) is 4.19. The highest BCUT2D eigenvalue weighted by molar-refractivity contribution is 5.89. The summed E-state index contributed by atoms with van der Waals surface area (Å²) in [5, 5.41) is 9.31. The van der Waals surface area contributed by atoms with Crippen LogP contribution in [0.25, 0.3) is 0 Å². The van der Waals surface area contributed by atoms with Crippen molar-refractivity contribution >= 4 is 5.97 Å². The molecule has 5 heteroatoms. The van der Waals surface area contributed by atoms with Gasteiger partial charge in [0.2, 0.25) is 0 Å². The van der Waals surface area contributed by atoms with Gasteiger partial charge in [0.15, 0.2) is 0 Å². The Morgan fingerprint density at radius 2 is 2.24 bits per heavy atom. The van der Waals surface area contributed by atoms with E-state index in [1.807, 2.05) is 36.1 Å². The molecule has 1 aliphatic heterocycles. The second-order valence-corrected chi connectivity index (χ2v) is 5.57. The van der Waals surface area contributed by atoms with E-state index in [9.17, 15) is 9.90 Å². The molecule has 0 radical (unpaired) electrons. The standard InChI is InChI=1S/C16H19N3O2/c1-18-9-7-17-15(18)11-19-8-6-12(10-19)13-4-2-3-5-14(13)16(20)21/h2-5,7,9,12H,6,8,10-11H2,1H3,(H,20,21)/t12-/m0/s1. The number of carboxylic acids is 1. The van der Waals surface area contributed by atoms with Crippen LogP contribution in [0, 0.1) is 0 Å². The summed E-state index contributed by atoms with van der Waals surface area (Å²) in [5.74, 6) is 0.493. The third-order valence-electron chi connectivity index (χ3n) is 4.19. The van der Waals surface area contributed by atoms with Crippen LogP contribution in [0.3, 0.4) is 0 Å². The average molecular weight is 285 g/mol. The minimum absolute atomic E-state index is 0.289. The molecule has 1 N–H and O–H groups in total. The van der Waals surface area contributed by atoms with Crippen molar-refractivity contribution < 1.29 is 9.90 Å². The molecule has 1 fully saturated rings. The SMILES string of the molecule is Cn1ccnc1CN1CC[C@H](c2ccccc2C(=O)O)C1. The van der Waals surface area contributed by atoms with Gasteiger partial charge in [-0.2, -0.15) is 0 Å². The van der Waals surface area contributed by atoms with Gasteiger partial charge in [0.25, 0.3) is 0 Å².